The molecule has 0 radical (unpaired) electrons. The van der Waals surface area contributed by atoms with Crippen LogP contribution in [-0.2, 0) is 0 Å². The fourth-order valence-corrected chi connectivity index (χ4v) is 1.60. The van der Waals surface area contributed by atoms with Crippen LogP contribution in [0.3, 0.4) is 0 Å². The summed E-state index contributed by atoms with van der Waals surface area (Å²) < 4.78 is 0. The third kappa shape index (κ3) is 2.06. The Hall–Kier alpha value is -1.81. The summed E-state index contributed by atoms with van der Waals surface area (Å²) >= 11 is 0. The minimum absolute atomic E-state index is 0.168. The number of aromatic amines is 1. The zero-order valence-electron chi connectivity index (χ0n) is 9.03. The number of hydrogen-bond acceptors (Lipinski definition) is 2. The average molecular weight is 218 g/mol. The lowest BCUT2D eigenvalue weighted by Crippen LogP contribution is -2.30. The second kappa shape index (κ2) is 4.37. The molecule has 16 heavy (non-hydrogen) atoms. The molecule has 1 amide bonds. The molecule has 1 aromatic carbocycles. The molecule has 4 heteroatoms. The number of rotatable bonds is 3. The van der Waals surface area contributed by atoms with E-state index >= 15 is 0 Å². The average Bonchev–Trinajstić information content (AvgIpc) is 2.69. The standard InChI is InChI=1S/C12H14N2O2/c1-8(15)6-14-12(16)10-7-13-11-5-3-2-4-9(10)11/h2-5,7-8,13,15H,6H2,1H3,(H,14,16). The van der Waals surface area contributed by atoms with Gasteiger partial charge in [-0.05, 0) is 13.0 Å². The van der Waals surface area contributed by atoms with Gasteiger partial charge in [-0.1, -0.05) is 18.2 Å². The van der Waals surface area contributed by atoms with Crippen molar-refractivity contribution in [2.75, 3.05) is 6.54 Å². The lowest BCUT2D eigenvalue weighted by Gasteiger charge is -2.05. The van der Waals surface area contributed by atoms with Gasteiger partial charge >= 0.3 is 0 Å². The minimum Gasteiger partial charge on any atom is -0.392 e. The Balaban J connectivity index is 2.23. The molecule has 0 aliphatic carbocycles. The molecule has 0 spiro atoms. The van der Waals surface area contributed by atoms with Gasteiger partial charge < -0.3 is 15.4 Å². The van der Waals surface area contributed by atoms with E-state index in [1.165, 1.54) is 0 Å². The number of nitrogens with one attached hydrogen (secondary N) is 2. The first kappa shape index (κ1) is 10.7. The van der Waals surface area contributed by atoms with Gasteiger partial charge in [0.1, 0.15) is 0 Å². The number of hydrogen-bond donors (Lipinski definition) is 3. The molecule has 0 aliphatic heterocycles. The molecule has 3 N–H and O–H groups in total. The van der Waals surface area contributed by atoms with Gasteiger partial charge in [0, 0.05) is 23.6 Å². The van der Waals surface area contributed by atoms with Gasteiger partial charge in [-0.2, -0.15) is 0 Å². The highest BCUT2D eigenvalue weighted by molar-refractivity contribution is 6.06. The van der Waals surface area contributed by atoms with E-state index in [9.17, 15) is 4.79 Å². The largest absolute Gasteiger partial charge is 0.392 e. The van der Waals surface area contributed by atoms with Gasteiger partial charge in [0.05, 0.1) is 11.7 Å². The molecule has 84 valence electrons. The molecule has 1 unspecified atom stereocenters. The van der Waals surface area contributed by atoms with Crippen LogP contribution in [0.4, 0.5) is 0 Å². The Morgan fingerprint density at radius 2 is 2.25 bits per heavy atom. The Morgan fingerprint density at radius 3 is 3.00 bits per heavy atom. The van der Waals surface area contributed by atoms with Crippen molar-refractivity contribution < 1.29 is 9.90 Å². The molecular formula is C12H14N2O2. The third-order valence-corrected chi connectivity index (χ3v) is 2.39. The Bertz CT molecular complexity index is 502. The first-order chi connectivity index (χ1) is 7.68. The van der Waals surface area contributed by atoms with E-state index < -0.39 is 6.10 Å². The molecule has 1 aromatic heterocycles. The summed E-state index contributed by atoms with van der Waals surface area (Å²) in [6, 6.07) is 7.61. The number of aliphatic hydroxyl groups excluding tert-OH is 1. The van der Waals surface area contributed by atoms with Gasteiger partial charge in [0.2, 0.25) is 0 Å². The van der Waals surface area contributed by atoms with Crippen LogP contribution >= 0.6 is 0 Å². The maximum Gasteiger partial charge on any atom is 0.253 e. The first-order valence-electron chi connectivity index (χ1n) is 5.21. The molecule has 1 atom stereocenters. The quantitative estimate of drug-likeness (QED) is 0.726. The predicted molar refractivity (Wildman–Crippen MR) is 62.3 cm³/mol. The number of para-hydroxylation sites is 1. The van der Waals surface area contributed by atoms with Gasteiger partial charge in [-0.3, -0.25) is 4.79 Å². The molecule has 0 saturated carbocycles. The van der Waals surface area contributed by atoms with Gasteiger partial charge in [0.25, 0.3) is 5.91 Å². The fraction of sp³-hybridized carbons (Fsp3) is 0.250. The highest BCUT2D eigenvalue weighted by atomic mass is 16.3. The Morgan fingerprint density at radius 1 is 1.50 bits per heavy atom. The zero-order chi connectivity index (χ0) is 11.5. The maximum atomic E-state index is 11.8. The van der Waals surface area contributed by atoms with Crippen LogP contribution in [0.15, 0.2) is 30.5 Å². The summed E-state index contributed by atoms with van der Waals surface area (Å²) in [5.74, 6) is -0.168. The molecule has 0 bridgehead atoms. The predicted octanol–water partition coefficient (Wildman–Crippen LogP) is 1.28. The summed E-state index contributed by atoms with van der Waals surface area (Å²) in [4.78, 5) is 14.8. The maximum absolute atomic E-state index is 11.8. The van der Waals surface area contributed by atoms with Crippen molar-refractivity contribution >= 4 is 16.8 Å². The molecule has 0 fully saturated rings. The van der Waals surface area contributed by atoms with Gasteiger partial charge in [0.15, 0.2) is 0 Å². The summed E-state index contributed by atoms with van der Waals surface area (Å²) in [6.07, 6.45) is 1.15. The number of fused-ring (bicyclic) bond motifs is 1. The van der Waals surface area contributed by atoms with Gasteiger partial charge in [-0.25, -0.2) is 0 Å². The van der Waals surface area contributed by atoms with E-state index in [-0.39, 0.29) is 12.5 Å². The molecule has 0 saturated heterocycles. The number of aliphatic hydroxyl groups is 1. The molecule has 1 heterocycles. The number of H-pyrrole nitrogens is 1. The summed E-state index contributed by atoms with van der Waals surface area (Å²) in [7, 11) is 0. The fourth-order valence-electron chi connectivity index (χ4n) is 1.60. The topological polar surface area (TPSA) is 65.1 Å². The van der Waals surface area contributed by atoms with Crippen molar-refractivity contribution in [2.24, 2.45) is 0 Å². The highest BCUT2D eigenvalue weighted by Gasteiger charge is 2.11. The molecule has 2 rings (SSSR count). The number of carbonyl (C=O) groups is 1. The van der Waals surface area contributed by atoms with E-state index in [0.29, 0.717) is 5.56 Å². The van der Waals surface area contributed by atoms with Crippen LogP contribution in [-0.4, -0.2) is 28.6 Å². The minimum atomic E-state index is -0.533. The molecule has 4 nitrogen and oxygen atoms in total. The smallest absolute Gasteiger partial charge is 0.253 e. The monoisotopic (exact) mass is 218 g/mol. The van der Waals surface area contributed by atoms with Crippen LogP contribution in [0.5, 0.6) is 0 Å². The number of benzene rings is 1. The molecule has 2 aromatic rings. The van der Waals surface area contributed by atoms with Crippen LogP contribution in [0, 0.1) is 0 Å². The van der Waals surface area contributed by atoms with E-state index in [2.05, 4.69) is 10.3 Å². The third-order valence-electron chi connectivity index (χ3n) is 2.39. The number of amides is 1. The van der Waals surface area contributed by atoms with Crippen molar-refractivity contribution in [3.05, 3.63) is 36.0 Å². The Labute approximate surface area is 93.3 Å². The highest BCUT2D eigenvalue weighted by Crippen LogP contribution is 2.17. The SMILES string of the molecule is CC(O)CNC(=O)c1c[nH]c2ccccc12. The van der Waals surface area contributed by atoms with Crippen molar-refractivity contribution in [3.8, 4) is 0 Å². The summed E-state index contributed by atoms with van der Waals surface area (Å²) in [5, 5.41) is 12.7. The van der Waals surface area contributed by atoms with Gasteiger partial charge in [-0.15, -0.1) is 0 Å². The molecular weight excluding hydrogens is 204 g/mol. The van der Waals surface area contributed by atoms with Crippen molar-refractivity contribution in [3.63, 3.8) is 0 Å². The lowest BCUT2D eigenvalue weighted by molar-refractivity contribution is 0.0925. The van der Waals surface area contributed by atoms with Crippen molar-refractivity contribution in [1.82, 2.24) is 10.3 Å². The second-order valence-corrected chi connectivity index (χ2v) is 3.81. The summed E-state index contributed by atoms with van der Waals surface area (Å²) in [6.45, 7) is 1.90. The normalized spacial score (nSPS) is 12.6. The lowest BCUT2D eigenvalue weighted by atomic mass is 10.1. The zero-order valence-corrected chi connectivity index (χ0v) is 9.03. The van der Waals surface area contributed by atoms with E-state index in [4.69, 9.17) is 5.11 Å². The van der Waals surface area contributed by atoms with Crippen LogP contribution in [0.2, 0.25) is 0 Å². The number of aromatic nitrogens is 1. The number of carbonyl (C=O) groups excluding carboxylic acids is 1. The van der Waals surface area contributed by atoms with E-state index in [0.717, 1.165) is 10.9 Å². The van der Waals surface area contributed by atoms with Crippen LogP contribution in [0.25, 0.3) is 10.9 Å². The van der Waals surface area contributed by atoms with Crippen LogP contribution < -0.4 is 5.32 Å². The van der Waals surface area contributed by atoms with Crippen molar-refractivity contribution in [1.29, 1.82) is 0 Å². The second-order valence-electron chi connectivity index (χ2n) is 3.81. The first-order valence-corrected chi connectivity index (χ1v) is 5.21. The van der Waals surface area contributed by atoms with E-state index in [1.54, 1.807) is 13.1 Å². The molecule has 0 aliphatic rings. The van der Waals surface area contributed by atoms with Crippen molar-refractivity contribution in [2.45, 2.75) is 13.0 Å². The Kier molecular flexibility index (Phi) is 2.92. The summed E-state index contributed by atoms with van der Waals surface area (Å²) in [5.41, 5.74) is 1.54. The van der Waals surface area contributed by atoms with Crippen LogP contribution in [0.1, 0.15) is 17.3 Å². The van der Waals surface area contributed by atoms with E-state index in [1.807, 2.05) is 24.3 Å².